The highest BCUT2D eigenvalue weighted by atomic mass is 32.2. The Hall–Kier alpha value is 0.300. The fourth-order valence-electron chi connectivity index (χ4n) is 2.50. The molecule has 0 aromatic heterocycles. The average Bonchev–Trinajstić information content (AvgIpc) is 2.52. The molecular weight excluding hydrogens is 312 g/mol. The van der Waals surface area contributed by atoms with E-state index in [-0.39, 0.29) is 4.58 Å². The van der Waals surface area contributed by atoms with Crippen molar-refractivity contribution in [3.05, 3.63) is 0 Å². The van der Waals surface area contributed by atoms with E-state index in [1.807, 2.05) is 6.92 Å². The Morgan fingerprint density at radius 2 is 0.909 bits per heavy atom. The normalized spacial score (nSPS) is 15.6. The Bertz CT molecular complexity index is 265. The molecule has 0 aromatic carbocycles. The lowest BCUT2D eigenvalue weighted by Crippen LogP contribution is -2.21. The Kier molecular flexibility index (Phi) is 16.4. The molecule has 0 spiro atoms. The molecule has 0 saturated carbocycles. The zero-order valence-electron chi connectivity index (χ0n) is 15.1. The molecule has 2 nitrogen and oxygen atoms in total. The average molecular weight is 351 g/mol. The molecule has 0 rings (SSSR count). The maximum absolute atomic E-state index is 12.2. The van der Waals surface area contributed by atoms with Crippen molar-refractivity contribution in [2.24, 2.45) is 0 Å². The topological polar surface area (TPSA) is 34.1 Å². The molecule has 0 radical (unpaired) electrons. The van der Waals surface area contributed by atoms with Crippen molar-refractivity contribution >= 4 is 21.6 Å². The first kappa shape index (κ1) is 22.3. The summed E-state index contributed by atoms with van der Waals surface area (Å²) in [6.07, 6.45) is 14.6. The maximum Gasteiger partial charge on any atom is 0.107 e. The molecule has 0 aromatic rings. The fourth-order valence-corrected chi connectivity index (χ4v) is 5.68. The van der Waals surface area contributed by atoms with E-state index in [1.165, 1.54) is 64.2 Å². The Morgan fingerprint density at radius 3 is 1.27 bits per heavy atom. The van der Waals surface area contributed by atoms with Gasteiger partial charge in [-0.25, -0.2) is 0 Å². The summed E-state index contributed by atoms with van der Waals surface area (Å²) in [5.41, 5.74) is 0. The highest BCUT2D eigenvalue weighted by molar-refractivity contribution is 8.02. The second kappa shape index (κ2) is 16.2. The van der Waals surface area contributed by atoms with Gasteiger partial charge in [-0.2, -0.15) is 0 Å². The fraction of sp³-hybridized carbons (Fsp3) is 1.00. The molecule has 0 aliphatic rings. The lowest BCUT2D eigenvalue weighted by molar-refractivity contribution is 0.619. The zero-order valence-corrected chi connectivity index (χ0v) is 16.7. The van der Waals surface area contributed by atoms with Crippen LogP contribution in [0.2, 0.25) is 0 Å². The maximum atomic E-state index is 12.2. The van der Waals surface area contributed by atoms with Crippen molar-refractivity contribution in [3.8, 4) is 0 Å². The first-order valence-electron chi connectivity index (χ1n) is 9.37. The van der Waals surface area contributed by atoms with Crippen LogP contribution in [0.4, 0.5) is 0 Å². The van der Waals surface area contributed by atoms with E-state index < -0.39 is 21.6 Å². The standard InChI is InChI=1S/C18H38O2S2/c1-4-6-8-10-12-14-16-21(19)18(3)22(20)17-15-13-11-9-7-5-2/h18H,4-17H2,1-3H3. The molecule has 0 fully saturated rings. The van der Waals surface area contributed by atoms with Gasteiger partial charge >= 0.3 is 0 Å². The summed E-state index contributed by atoms with van der Waals surface area (Å²) in [5.74, 6) is 1.46. The predicted molar refractivity (Wildman–Crippen MR) is 102 cm³/mol. The van der Waals surface area contributed by atoms with Gasteiger partial charge in [-0.05, 0) is 19.8 Å². The van der Waals surface area contributed by atoms with Crippen molar-refractivity contribution in [1.29, 1.82) is 0 Å². The monoisotopic (exact) mass is 350 g/mol. The molecule has 0 aliphatic carbocycles. The van der Waals surface area contributed by atoms with Crippen molar-refractivity contribution in [2.75, 3.05) is 11.5 Å². The molecule has 0 aliphatic heterocycles. The van der Waals surface area contributed by atoms with Crippen molar-refractivity contribution < 1.29 is 8.42 Å². The van der Waals surface area contributed by atoms with Gasteiger partial charge < -0.3 is 0 Å². The lowest BCUT2D eigenvalue weighted by Gasteiger charge is -2.11. The molecule has 22 heavy (non-hydrogen) atoms. The quantitative estimate of drug-likeness (QED) is 0.342. The number of unbranched alkanes of at least 4 members (excludes halogenated alkanes) is 10. The summed E-state index contributed by atoms with van der Waals surface area (Å²) in [5, 5.41) is 0. The summed E-state index contributed by atoms with van der Waals surface area (Å²) in [6, 6.07) is 0. The molecular formula is C18H38O2S2. The molecule has 0 saturated heterocycles. The van der Waals surface area contributed by atoms with E-state index in [0.717, 1.165) is 24.3 Å². The zero-order chi connectivity index (χ0) is 16.6. The van der Waals surface area contributed by atoms with Gasteiger partial charge in [-0.15, -0.1) is 0 Å². The minimum atomic E-state index is -0.912. The molecule has 134 valence electrons. The van der Waals surface area contributed by atoms with Crippen LogP contribution in [0.5, 0.6) is 0 Å². The molecule has 0 amide bonds. The highest BCUT2D eigenvalue weighted by Crippen LogP contribution is 2.11. The third-order valence-electron chi connectivity index (χ3n) is 4.14. The second-order valence-electron chi connectivity index (χ2n) is 6.27. The molecule has 4 heteroatoms. The van der Waals surface area contributed by atoms with Gasteiger partial charge in [0.1, 0.15) is 4.58 Å². The van der Waals surface area contributed by atoms with E-state index in [2.05, 4.69) is 13.8 Å². The smallest absolute Gasteiger partial charge is 0.107 e. The minimum Gasteiger partial charge on any atom is -0.258 e. The van der Waals surface area contributed by atoms with Crippen LogP contribution in [0, 0.1) is 0 Å². The highest BCUT2D eigenvalue weighted by Gasteiger charge is 2.17. The van der Waals surface area contributed by atoms with Crippen LogP contribution < -0.4 is 0 Å². The van der Waals surface area contributed by atoms with Crippen molar-refractivity contribution in [2.45, 2.75) is 102 Å². The van der Waals surface area contributed by atoms with E-state index in [9.17, 15) is 8.42 Å². The molecule has 2 unspecified atom stereocenters. The van der Waals surface area contributed by atoms with Gasteiger partial charge in [0.05, 0.1) is 0 Å². The summed E-state index contributed by atoms with van der Waals surface area (Å²) in [6.45, 7) is 6.34. The van der Waals surface area contributed by atoms with Crippen LogP contribution >= 0.6 is 0 Å². The number of hydrogen-bond donors (Lipinski definition) is 0. The third-order valence-corrected chi connectivity index (χ3v) is 8.29. The summed E-state index contributed by atoms with van der Waals surface area (Å²) >= 11 is 0. The third kappa shape index (κ3) is 12.8. The Labute approximate surface area is 144 Å². The van der Waals surface area contributed by atoms with Gasteiger partial charge in [0, 0.05) is 33.1 Å². The van der Waals surface area contributed by atoms with Gasteiger partial charge in [-0.1, -0.05) is 78.1 Å². The van der Waals surface area contributed by atoms with Crippen LogP contribution in [0.15, 0.2) is 0 Å². The predicted octanol–water partition coefficient (Wildman–Crippen LogP) is 5.55. The van der Waals surface area contributed by atoms with E-state index in [4.69, 9.17) is 0 Å². The Morgan fingerprint density at radius 1 is 0.591 bits per heavy atom. The summed E-state index contributed by atoms with van der Waals surface area (Å²) in [4.78, 5) is 0. The first-order valence-corrected chi connectivity index (χ1v) is 12.1. The largest absolute Gasteiger partial charge is 0.258 e. The van der Waals surface area contributed by atoms with Crippen LogP contribution in [-0.4, -0.2) is 24.5 Å². The van der Waals surface area contributed by atoms with Crippen LogP contribution in [0.1, 0.15) is 97.8 Å². The van der Waals surface area contributed by atoms with Crippen molar-refractivity contribution in [3.63, 3.8) is 0 Å². The molecule has 0 N–H and O–H groups in total. The molecule has 0 heterocycles. The number of rotatable bonds is 16. The van der Waals surface area contributed by atoms with E-state index >= 15 is 0 Å². The van der Waals surface area contributed by atoms with Gasteiger partial charge in [-0.3, -0.25) is 8.42 Å². The van der Waals surface area contributed by atoms with Gasteiger partial charge in [0.25, 0.3) is 0 Å². The van der Waals surface area contributed by atoms with E-state index in [1.54, 1.807) is 0 Å². The van der Waals surface area contributed by atoms with Crippen LogP contribution in [0.25, 0.3) is 0 Å². The minimum absolute atomic E-state index is 0.147. The van der Waals surface area contributed by atoms with Gasteiger partial charge in [0.15, 0.2) is 0 Å². The van der Waals surface area contributed by atoms with Crippen LogP contribution in [-0.2, 0) is 21.6 Å². The Balaban J connectivity index is 3.62. The van der Waals surface area contributed by atoms with Gasteiger partial charge in [0.2, 0.25) is 0 Å². The summed E-state index contributed by atoms with van der Waals surface area (Å²) in [7, 11) is -1.82. The second-order valence-corrected chi connectivity index (χ2v) is 10.3. The van der Waals surface area contributed by atoms with Crippen molar-refractivity contribution in [1.82, 2.24) is 0 Å². The van der Waals surface area contributed by atoms with E-state index in [0.29, 0.717) is 0 Å². The number of hydrogen-bond acceptors (Lipinski definition) is 2. The SMILES string of the molecule is CCCCCCCCS(=O)C(C)S(=O)CCCCCCCC. The molecule has 2 atom stereocenters. The van der Waals surface area contributed by atoms with Crippen LogP contribution in [0.3, 0.4) is 0 Å². The molecule has 0 bridgehead atoms. The first-order chi connectivity index (χ1) is 10.6. The summed E-state index contributed by atoms with van der Waals surface area (Å²) < 4.78 is 24.2. The lowest BCUT2D eigenvalue weighted by atomic mass is 10.1.